The van der Waals surface area contributed by atoms with E-state index < -0.39 is 0 Å². The molecule has 4 heteroatoms. The first kappa shape index (κ1) is 9.13. The fourth-order valence-electron chi connectivity index (χ4n) is 0.389. The molecule has 0 saturated carbocycles. The Morgan fingerprint density at radius 1 is 1.70 bits per heavy atom. The maximum Gasteiger partial charge on any atom is 0.259 e. The van der Waals surface area contributed by atoms with Crippen LogP contribution in [-0.4, -0.2) is 25.2 Å². The van der Waals surface area contributed by atoms with Crippen molar-refractivity contribution in [3.05, 3.63) is 12.2 Å². The van der Waals surface area contributed by atoms with Crippen LogP contribution in [0.3, 0.4) is 0 Å². The van der Waals surface area contributed by atoms with Gasteiger partial charge in [-0.05, 0) is 6.92 Å². The summed E-state index contributed by atoms with van der Waals surface area (Å²) in [6.07, 6.45) is 3.06. The van der Waals surface area contributed by atoms with Gasteiger partial charge in [0.05, 0.1) is 7.11 Å². The summed E-state index contributed by atoms with van der Waals surface area (Å²) in [5.74, 6) is -0.202. The van der Waals surface area contributed by atoms with Gasteiger partial charge in [-0.25, -0.2) is 0 Å². The average molecular weight is 144 g/mol. The van der Waals surface area contributed by atoms with Crippen LogP contribution in [0.4, 0.5) is 0 Å². The fourth-order valence-corrected chi connectivity index (χ4v) is 0.389. The minimum Gasteiger partial charge on any atom is -0.283 e. The number of nitrogens with one attached hydrogen (secondary N) is 1. The zero-order chi connectivity index (χ0) is 7.98. The van der Waals surface area contributed by atoms with E-state index in [9.17, 15) is 4.79 Å². The van der Waals surface area contributed by atoms with Gasteiger partial charge in [-0.15, -0.1) is 5.17 Å². The van der Waals surface area contributed by atoms with E-state index in [1.807, 2.05) is 0 Å². The second-order valence-corrected chi connectivity index (χ2v) is 1.66. The molecule has 58 valence electrons. The number of carbonyl (C=O) groups excluding carboxylic acids is 1. The molecule has 0 heterocycles. The van der Waals surface area contributed by atoms with E-state index in [2.05, 4.69) is 10.3 Å². The normalized spacial score (nSPS) is 10.8. The standard InChI is InChI=1S/C6H12N2O2/c1-4-5-6(9)7-8(2)10-3/h4-5H,1-3H3,(H,7,9). The van der Waals surface area contributed by atoms with Crippen LogP contribution in [0.1, 0.15) is 6.92 Å². The lowest BCUT2D eigenvalue weighted by molar-refractivity contribution is -0.163. The molecule has 0 unspecified atom stereocenters. The first-order chi connectivity index (χ1) is 4.70. The molecule has 0 fully saturated rings. The maximum absolute atomic E-state index is 10.7. The Labute approximate surface area is 60.4 Å². The minimum absolute atomic E-state index is 0.202. The van der Waals surface area contributed by atoms with Crippen molar-refractivity contribution in [1.29, 1.82) is 0 Å². The Morgan fingerprint density at radius 2 is 2.30 bits per heavy atom. The second-order valence-electron chi connectivity index (χ2n) is 1.66. The molecule has 0 atom stereocenters. The molecule has 0 radical (unpaired) electrons. The first-order valence-electron chi connectivity index (χ1n) is 2.92. The molecule has 0 saturated heterocycles. The van der Waals surface area contributed by atoms with Gasteiger partial charge < -0.3 is 0 Å². The van der Waals surface area contributed by atoms with E-state index in [1.54, 1.807) is 20.0 Å². The molecule has 4 nitrogen and oxygen atoms in total. The second kappa shape index (κ2) is 4.96. The van der Waals surface area contributed by atoms with Crippen molar-refractivity contribution < 1.29 is 9.63 Å². The van der Waals surface area contributed by atoms with Crippen molar-refractivity contribution in [3.8, 4) is 0 Å². The molecule has 0 aliphatic rings. The van der Waals surface area contributed by atoms with Crippen molar-refractivity contribution in [2.75, 3.05) is 14.2 Å². The lowest BCUT2D eigenvalue weighted by Gasteiger charge is -2.12. The molecule has 1 N–H and O–H groups in total. The largest absolute Gasteiger partial charge is 0.283 e. The highest BCUT2D eigenvalue weighted by atomic mass is 16.7. The van der Waals surface area contributed by atoms with Crippen LogP contribution in [0.25, 0.3) is 0 Å². The highest BCUT2D eigenvalue weighted by molar-refractivity contribution is 5.86. The summed E-state index contributed by atoms with van der Waals surface area (Å²) in [5, 5.41) is 1.22. The SMILES string of the molecule is CC=CC(=O)NN(C)OC. The third kappa shape index (κ3) is 4.05. The van der Waals surface area contributed by atoms with E-state index in [-0.39, 0.29) is 5.91 Å². The average Bonchev–Trinajstić information content (AvgIpc) is 1.88. The third-order valence-electron chi connectivity index (χ3n) is 0.860. The summed E-state index contributed by atoms with van der Waals surface area (Å²) in [6, 6.07) is 0. The summed E-state index contributed by atoms with van der Waals surface area (Å²) in [7, 11) is 3.07. The number of carbonyl (C=O) groups is 1. The quantitative estimate of drug-likeness (QED) is 0.450. The van der Waals surface area contributed by atoms with Crippen molar-refractivity contribution in [1.82, 2.24) is 10.6 Å². The first-order valence-corrected chi connectivity index (χ1v) is 2.92. The molecular formula is C6H12N2O2. The van der Waals surface area contributed by atoms with Crippen LogP contribution in [0.2, 0.25) is 0 Å². The van der Waals surface area contributed by atoms with Crippen LogP contribution >= 0.6 is 0 Å². The maximum atomic E-state index is 10.7. The lowest BCUT2D eigenvalue weighted by atomic mass is 10.5. The summed E-state index contributed by atoms with van der Waals surface area (Å²) in [5.41, 5.74) is 2.42. The molecule has 0 aromatic heterocycles. The molecule has 0 aliphatic carbocycles. The van der Waals surface area contributed by atoms with Crippen LogP contribution in [0.5, 0.6) is 0 Å². The van der Waals surface area contributed by atoms with Gasteiger partial charge in [-0.1, -0.05) is 6.08 Å². The van der Waals surface area contributed by atoms with Gasteiger partial charge in [0, 0.05) is 13.1 Å². The predicted octanol–water partition coefficient (Wildman–Crippen LogP) is 0.0869. The van der Waals surface area contributed by atoms with Crippen molar-refractivity contribution in [2.24, 2.45) is 0 Å². The summed E-state index contributed by atoms with van der Waals surface area (Å²) >= 11 is 0. The number of allylic oxidation sites excluding steroid dienone is 1. The predicted molar refractivity (Wildman–Crippen MR) is 37.7 cm³/mol. The Morgan fingerprint density at radius 3 is 2.70 bits per heavy atom. The highest BCUT2D eigenvalue weighted by Gasteiger charge is 1.96. The number of hydrogen-bond donors (Lipinski definition) is 1. The lowest BCUT2D eigenvalue weighted by Crippen LogP contribution is -2.37. The summed E-state index contributed by atoms with van der Waals surface area (Å²) in [4.78, 5) is 15.3. The van der Waals surface area contributed by atoms with Crippen molar-refractivity contribution in [2.45, 2.75) is 6.92 Å². The van der Waals surface area contributed by atoms with E-state index in [1.165, 1.54) is 18.4 Å². The topological polar surface area (TPSA) is 41.6 Å². The number of hydrogen-bond acceptors (Lipinski definition) is 3. The van der Waals surface area contributed by atoms with Gasteiger partial charge in [0.1, 0.15) is 0 Å². The van der Waals surface area contributed by atoms with Gasteiger partial charge in [-0.2, -0.15) is 0 Å². The van der Waals surface area contributed by atoms with Gasteiger partial charge in [0.2, 0.25) is 0 Å². The highest BCUT2D eigenvalue weighted by Crippen LogP contribution is 1.76. The fraction of sp³-hybridized carbons (Fsp3) is 0.500. The Hall–Kier alpha value is -0.870. The van der Waals surface area contributed by atoms with E-state index in [0.717, 1.165) is 0 Å². The number of hydrazine groups is 1. The number of nitrogens with zero attached hydrogens (tertiary/aromatic N) is 1. The molecule has 0 spiro atoms. The van der Waals surface area contributed by atoms with Gasteiger partial charge >= 0.3 is 0 Å². The molecule has 0 aromatic carbocycles. The number of rotatable bonds is 3. The monoisotopic (exact) mass is 144 g/mol. The van der Waals surface area contributed by atoms with Crippen molar-refractivity contribution >= 4 is 5.91 Å². The minimum atomic E-state index is -0.202. The van der Waals surface area contributed by atoms with Crippen LogP contribution < -0.4 is 5.43 Å². The van der Waals surface area contributed by atoms with Gasteiger partial charge in [-0.3, -0.25) is 15.1 Å². The Bertz CT molecular complexity index is 134. The molecule has 0 rings (SSSR count). The van der Waals surface area contributed by atoms with Gasteiger partial charge in [0.25, 0.3) is 5.91 Å². The van der Waals surface area contributed by atoms with Crippen LogP contribution in [-0.2, 0) is 9.63 Å². The Kier molecular flexibility index (Phi) is 4.53. The number of amides is 1. The molecule has 0 aliphatic heterocycles. The molecule has 0 bridgehead atoms. The van der Waals surface area contributed by atoms with E-state index >= 15 is 0 Å². The molecule has 1 amide bonds. The van der Waals surface area contributed by atoms with E-state index in [0.29, 0.717) is 0 Å². The molecule has 0 aromatic rings. The molecular weight excluding hydrogens is 132 g/mol. The van der Waals surface area contributed by atoms with Gasteiger partial charge in [0.15, 0.2) is 0 Å². The zero-order valence-electron chi connectivity index (χ0n) is 6.42. The van der Waals surface area contributed by atoms with E-state index in [4.69, 9.17) is 0 Å². The van der Waals surface area contributed by atoms with Crippen LogP contribution in [0, 0.1) is 0 Å². The molecule has 10 heavy (non-hydrogen) atoms. The Balaban J connectivity index is 3.57. The zero-order valence-corrected chi connectivity index (χ0v) is 6.42. The number of hydroxylamine groups is 1. The smallest absolute Gasteiger partial charge is 0.259 e. The third-order valence-corrected chi connectivity index (χ3v) is 0.860. The van der Waals surface area contributed by atoms with Crippen molar-refractivity contribution in [3.63, 3.8) is 0 Å². The summed E-state index contributed by atoms with van der Waals surface area (Å²) in [6.45, 7) is 1.77. The van der Waals surface area contributed by atoms with Crippen LogP contribution in [0.15, 0.2) is 12.2 Å². The summed E-state index contributed by atoms with van der Waals surface area (Å²) < 4.78 is 0.